The van der Waals surface area contributed by atoms with Gasteiger partial charge in [-0.05, 0) is 61.0 Å². The van der Waals surface area contributed by atoms with Crippen molar-refractivity contribution >= 4 is 21.8 Å². The van der Waals surface area contributed by atoms with Crippen LogP contribution in [-0.2, 0) is 6.61 Å². The van der Waals surface area contributed by atoms with E-state index in [-0.39, 0.29) is 25.5 Å². The Morgan fingerprint density at radius 2 is 1.90 bits per heavy atom. The molecule has 0 aliphatic heterocycles. The van der Waals surface area contributed by atoms with Gasteiger partial charge in [0, 0.05) is 11.0 Å². The molecule has 0 saturated heterocycles. The van der Waals surface area contributed by atoms with Crippen LogP contribution in [0.2, 0.25) is 0 Å². The second kappa shape index (κ2) is 10.1. The number of aliphatic hydroxyl groups excluding tert-OH is 1. The van der Waals surface area contributed by atoms with E-state index in [1.165, 1.54) is 0 Å². The summed E-state index contributed by atoms with van der Waals surface area (Å²) in [7, 11) is 0. The minimum absolute atomic E-state index is 0.0517. The van der Waals surface area contributed by atoms with Gasteiger partial charge >= 0.3 is 0 Å². The molecular formula is C22H22BrNO5. The van der Waals surface area contributed by atoms with Crippen molar-refractivity contribution in [2.45, 2.75) is 19.6 Å². The molecule has 0 spiro atoms. The molecule has 1 heterocycles. The second-order valence-corrected chi connectivity index (χ2v) is 7.42. The number of hydrogen-bond acceptors (Lipinski definition) is 5. The summed E-state index contributed by atoms with van der Waals surface area (Å²) in [6, 6.07) is 18.2. The summed E-state index contributed by atoms with van der Waals surface area (Å²) < 4.78 is 17.6. The molecule has 152 valence electrons. The van der Waals surface area contributed by atoms with Crippen LogP contribution in [0.5, 0.6) is 11.5 Å². The number of ether oxygens (including phenoxy) is 2. The molecule has 1 atom stereocenters. The predicted molar refractivity (Wildman–Crippen MR) is 112 cm³/mol. The zero-order chi connectivity index (χ0) is 20.6. The van der Waals surface area contributed by atoms with Gasteiger partial charge in [0.1, 0.15) is 36.6 Å². The molecular weight excluding hydrogens is 438 g/mol. The van der Waals surface area contributed by atoms with Gasteiger partial charge in [0.05, 0.1) is 0 Å². The molecule has 1 aromatic heterocycles. The average Bonchev–Trinajstić information content (AvgIpc) is 3.19. The topological polar surface area (TPSA) is 80.9 Å². The normalized spacial score (nSPS) is 11.7. The second-order valence-electron chi connectivity index (χ2n) is 6.50. The highest BCUT2D eigenvalue weighted by Gasteiger charge is 2.14. The van der Waals surface area contributed by atoms with Crippen LogP contribution >= 0.6 is 15.9 Å². The van der Waals surface area contributed by atoms with Crippen molar-refractivity contribution in [3.63, 3.8) is 0 Å². The van der Waals surface area contributed by atoms with Crippen LogP contribution in [0.4, 0.5) is 0 Å². The van der Waals surface area contributed by atoms with E-state index >= 15 is 0 Å². The van der Waals surface area contributed by atoms with Crippen molar-refractivity contribution in [1.29, 1.82) is 0 Å². The first-order valence-corrected chi connectivity index (χ1v) is 9.92. The lowest BCUT2D eigenvalue weighted by Gasteiger charge is -2.13. The van der Waals surface area contributed by atoms with Crippen LogP contribution in [0.1, 0.15) is 21.9 Å². The highest BCUT2D eigenvalue weighted by Crippen LogP contribution is 2.18. The van der Waals surface area contributed by atoms with Crippen molar-refractivity contribution in [2.24, 2.45) is 0 Å². The van der Waals surface area contributed by atoms with Gasteiger partial charge in [-0.3, -0.25) is 4.79 Å². The number of amides is 1. The molecule has 0 aliphatic rings. The number of nitrogens with one attached hydrogen (secondary N) is 1. The van der Waals surface area contributed by atoms with Crippen LogP contribution in [0.25, 0.3) is 0 Å². The predicted octanol–water partition coefficient (Wildman–Crippen LogP) is 4.10. The van der Waals surface area contributed by atoms with Crippen LogP contribution in [0.15, 0.2) is 69.6 Å². The van der Waals surface area contributed by atoms with Gasteiger partial charge in [-0.15, -0.1) is 0 Å². The Kier molecular flexibility index (Phi) is 7.32. The molecule has 6 nitrogen and oxygen atoms in total. The highest BCUT2D eigenvalue weighted by atomic mass is 79.9. The van der Waals surface area contributed by atoms with Crippen LogP contribution in [0, 0.1) is 6.92 Å². The summed E-state index contributed by atoms with van der Waals surface area (Å²) in [6.45, 7) is 2.30. The minimum Gasteiger partial charge on any atom is -0.491 e. The van der Waals surface area contributed by atoms with Gasteiger partial charge in [-0.2, -0.15) is 0 Å². The number of rotatable bonds is 9. The third-order valence-corrected chi connectivity index (χ3v) is 4.54. The highest BCUT2D eigenvalue weighted by molar-refractivity contribution is 9.10. The van der Waals surface area contributed by atoms with Gasteiger partial charge in [-0.1, -0.05) is 28.1 Å². The molecule has 2 N–H and O–H groups in total. The summed E-state index contributed by atoms with van der Waals surface area (Å²) in [6.07, 6.45) is -0.838. The fraction of sp³-hybridized carbons (Fsp3) is 0.227. The Labute approximate surface area is 177 Å². The molecule has 3 aromatic rings. The first-order chi connectivity index (χ1) is 14.0. The molecule has 0 fully saturated rings. The third-order valence-electron chi connectivity index (χ3n) is 4.01. The maximum Gasteiger partial charge on any atom is 0.287 e. The lowest BCUT2D eigenvalue weighted by molar-refractivity contribution is 0.0819. The summed E-state index contributed by atoms with van der Waals surface area (Å²) >= 11 is 3.37. The van der Waals surface area contributed by atoms with Gasteiger partial charge in [0.25, 0.3) is 5.91 Å². The lowest BCUT2D eigenvalue weighted by atomic mass is 10.2. The monoisotopic (exact) mass is 459 g/mol. The Morgan fingerprint density at radius 1 is 1.10 bits per heavy atom. The molecule has 1 amide bonds. The first-order valence-electron chi connectivity index (χ1n) is 9.12. The van der Waals surface area contributed by atoms with E-state index < -0.39 is 12.0 Å². The van der Waals surface area contributed by atoms with Crippen molar-refractivity contribution < 1.29 is 23.8 Å². The summed E-state index contributed by atoms with van der Waals surface area (Å²) in [5.41, 5.74) is 1.07. The van der Waals surface area contributed by atoms with Crippen molar-refractivity contribution in [3.8, 4) is 11.5 Å². The number of carbonyl (C=O) groups excluding carboxylic acids is 1. The standard InChI is InChI=1S/C22H22BrNO5/c1-15-3-2-4-19(11-15)27-13-17(25)12-24-22(26)21-10-9-20(29-21)14-28-18-7-5-16(23)6-8-18/h2-11,17,25H,12-14H2,1H3,(H,24,26). The molecule has 29 heavy (non-hydrogen) atoms. The quantitative estimate of drug-likeness (QED) is 0.503. The van der Waals surface area contributed by atoms with Crippen LogP contribution in [0.3, 0.4) is 0 Å². The smallest absolute Gasteiger partial charge is 0.287 e. The van der Waals surface area contributed by atoms with Crippen LogP contribution in [-0.4, -0.2) is 30.3 Å². The van der Waals surface area contributed by atoms with Gasteiger partial charge in [-0.25, -0.2) is 0 Å². The van der Waals surface area contributed by atoms with Crippen molar-refractivity contribution in [1.82, 2.24) is 5.32 Å². The van der Waals surface area contributed by atoms with E-state index in [0.717, 1.165) is 10.0 Å². The molecule has 0 radical (unpaired) electrons. The zero-order valence-corrected chi connectivity index (χ0v) is 17.5. The number of halogens is 1. The van der Waals surface area contributed by atoms with Crippen LogP contribution < -0.4 is 14.8 Å². The van der Waals surface area contributed by atoms with Gasteiger partial charge < -0.3 is 24.3 Å². The molecule has 0 saturated carbocycles. The molecule has 0 bridgehead atoms. The number of carbonyl (C=O) groups is 1. The van der Waals surface area contributed by atoms with Crippen molar-refractivity contribution in [3.05, 3.63) is 82.2 Å². The van der Waals surface area contributed by atoms with E-state index in [9.17, 15) is 9.90 Å². The van der Waals surface area contributed by atoms with E-state index in [0.29, 0.717) is 17.3 Å². The van der Waals surface area contributed by atoms with E-state index in [1.807, 2.05) is 55.5 Å². The Balaban J connectivity index is 1.41. The summed E-state index contributed by atoms with van der Waals surface area (Å²) in [4.78, 5) is 12.2. The molecule has 0 aliphatic carbocycles. The molecule has 3 rings (SSSR count). The third kappa shape index (κ3) is 6.66. The van der Waals surface area contributed by atoms with E-state index in [4.69, 9.17) is 13.9 Å². The Morgan fingerprint density at radius 3 is 2.66 bits per heavy atom. The SMILES string of the molecule is Cc1cccc(OCC(O)CNC(=O)c2ccc(COc3ccc(Br)cc3)o2)c1. The largest absolute Gasteiger partial charge is 0.491 e. The first kappa shape index (κ1) is 21.0. The molecule has 1 unspecified atom stereocenters. The number of hydrogen-bond donors (Lipinski definition) is 2. The van der Waals surface area contributed by atoms with E-state index in [2.05, 4.69) is 21.2 Å². The minimum atomic E-state index is -0.838. The fourth-order valence-corrected chi connectivity index (χ4v) is 2.78. The lowest BCUT2D eigenvalue weighted by Crippen LogP contribution is -2.35. The number of aliphatic hydroxyl groups is 1. The maximum atomic E-state index is 12.2. The summed E-state index contributed by atoms with van der Waals surface area (Å²) in [5.74, 6) is 1.66. The Bertz CT molecular complexity index is 938. The van der Waals surface area contributed by atoms with Gasteiger partial charge in [0.15, 0.2) is 5.76 Å². The maximum absolute atomic E-state index is 12.2. The summed E-state index contributed by atoms with van der Waals surface area (Å²) in [5, 5.41) is 12.6. The zero-order valence-electron chi connectivity index (χ0n) is 15.9. The van der Waals surface area contributed by atoms with Crippen molar-refractivity contribution in [2.75, 3.05) is 13.2 Å². The fourth-order valence-electron chi connectivity index (χ4n) is 2.52. The van der Waals surface area contributed by atoms with E-state index in [1.54, 1.807) is 12.1 Å². The number of benzene rings is 2. The Hall–Kier alpha value is -2.77. The van der Waals surface area contributed by atoms with Gasteiger partial charge in [0.2, 0.25) is 0 Å². The number of furan rings is 1. The number of aryl methyl sites for hydroxylation is 1. The molecule has 2 aromatic carbocycles. The average molecular weight is 460 g/mol. The molecule has 7 heteroatoms.